The fourth-order valence-electron chi connectivity index (χ4n) is 3.14. The summed E-state index contributed by atoms with van der Waals surface area (Å²) in [6.07, 6.45) is 0.757. The van der Waals surface area contributed by atoms with E-state index in [2.05, 4.69) is 10.6 Å². The number of hydrogen-bond acceptors (Lipinski definition) is 3. The molecule has 4 N–H and O–H groups in total. The van der Waals surface area contributed by atoms with Crippen LogP contribution in [0.2, 0.25) is 0 Å². The molecule has 0 unspecified atom stereocenters. The number of benzene rings is 2. The van der Waals surface area contributed by atoms with Crippen LogP contribution in [0, 0.1) is 5.92 Å². The van der Waals surface area contributed by atoms with E-state index in [0.717, 1.165) is 16.7 Å². The number of carbonyl (C=O) groups excluding carboxylic acids is 3. The zero-order valence-corrected chi connectivity index (χ0v) is 17.1. The number of primary amides is 1. The van der Waals surface area contributed by atoms with E-state index < -0.39 is 23.9 Å². The first kappa shape index (κ1) is 22.1. The maximum atomic E-state index is 12.6. The molecule has 0 fully saturated rings. The van der Waals surface area contributed by atoms with Crippen molar-refractivity contribution in [3.05, 3.63) is 60.2 Å². The number of hydrogen-bond donors (Lipinski definition) is 3. The van der Waals surface area contributed by atoms with Crippen molar-refractivity contribution in [2.24, 2.45) is 11.7 Å². The summed E-state index contributed by atoms with van der Waals surface area (Å²) in [7, 11) is 0. The Balaban J connectivity index is 2.08. The Morgan fingerprint density at radius 2 is 1.45 bits per heavy atom. The molecule has 0 aliphatic heterocycles. The van der Waals surface area contributed by atoms with Crippen LogP contribution in [0.25, 0.3) is 11.1 Å². The predicted octanol–water partition coefficient (Wildman–Crippen LogP) is 2.42. The fourth-order valence-corrected chi connectivity index (χ4v) is 3.14. The van der Waals surface area contributed by atoms with Gasteiger partial charge in [0.2, 0.25) is 17.7 Å². The van der Waals surface area contributed by atoms with Gasteiger partial charge in [0.15, 0.2) is 0 Å². The van der Waals surface area contributed by atoms with Crippen molar-refractivity contribution < 1.29 is 14.4 Å². The Kier molecular flexibility index (Phi) is 7.95. The number of rotatable bonds is 9. The number of nitrogens with one attached hydrogen (secondary N) is 2. The van der Waals surface area contributed by atoms with Crippen molar-refractivity contribution in [2.45, 2.75) is 45.7 Å². The van der Waals surface area contributed by atoms with Gasteiger partial charge < -0.3 is 16.4 Å². The summed E-state index contributed by atoms with van der Waals surface area (Å²) >= 11 is 0. The molecule has 6 nitrogen and oxygen atoms in total. The molecule has 29 heavy (non-hydrogen) atoms. The van der Waals surface area contributed by atoms with Crippen LogP contribution in [0.5, 0.6) is 0 Å². The van der Waals surface area contributed by atoms with Crippen LogP contribution < -0.4 is 16.4 Å². The molecule has 154 valence electrons. The highest BCUT2D eigenvalue weighted by Crippen LogP contribution is 2.19. The molecule has 0 radical (unpaired) electrons. The van der Waals surface area contributed by atoms with E-state index in [1.165, 1.54) is 6.92 Å². The van der Waals surface area contributed by atoms with Gasteiger partial charge in [-0.25, -0.2) is 0 Å². The van der Waals surface area contributed by atoms with Gasteiger partial charge in [-0.3, -0.25) is 14.4 Å². The second kappa shape index (κ2) is 10.4. The standard InChI is InChI=1S/C23H29N3O3/c1-15(2)13-21(25-16(3)27)23(29)26-20(22(24)28)14-17-9-11-19(12-10-17)18-7-5-4-6-8-18/h4-12,15,20-21H,13-14H2,1-3H3,(H2,24,28)(H,25,27)(H,26,29)/t20-,21-/m0/s1. The Bertz CT molecular complexity index is 832. The molecule has 0 aliphatic rings. The summed E-state index contributed by atoms with van der Waals surface area (Å²) < 4.78 is 0. The zero-order chi connectivity index (χ0) is 21.4. The van der Waals surface area contributed by atoms with E-state index in [9.17, 15) is 14.4 Å². The lowest BCUT2D eigenvalue weighted by Gasteiger charge is -2.23. The topological polar surface area (TPSA) is 101 Å². The minimum Gasteiger partial charge on any atom is -0.368 e. The van der Waals surface area contributed by atoms with Gasteiger partial charge in [0.25, 0.3) is 0 Å². The highest BCUT2D eigenvalue weighted by atomic mass is 16.2. The Morgan fingerprint density at radius 3 is 1.97 bits per heavy atom. The third-order valence-corrected chi connectivity index (χ3v) is 4.56. The first-order chi connectivity index (χ1) is 13.8. The molecule has 0 saturated heterocycles. The van der Waals surface area contributed by atoms with Crippen molar-refractivity contribution in [1.29, 1.82) is 0 Å². The summed E-state index contributed by atoms with van der Waals surface area (Å²) in [6.45, 7) is 5.28. The summed E-state index contributed by atoms with van der Waals surface area (Å²) in [6, 6.07) is 16.2. The molecule has 6 heteroatoms. The van der Waals surface area contributed by atoms with Crippen LogP contribution in [0.4, 0.5) is 0 Å². The van der Waals surface area contributed by atoms with E-state index in [1.54, 1.807) is 0 Å². The van der Waals surface area contributed by atoms with Crippen LogP contribution in [-0.2, 0) is 20.8 Å². The Morgan fingerprint density at radius 1 is 0.862 bits per heavy atom. The van der Waals surface area contributed by atoms with Crippen molar-refractivity contribution >= 4 is 17.7 Å². The lowest BCUT2D eigenvalue weighted by atomic mass is 9.99. The van der Waals surface area contributed by atoms with Gasteiger partial charge >= 0.3 is 0 Å². The van der Waals surface area contributed by atoms with E-state index in [1.807, 2.05) is 68.4 Å². The highest BCUT2D eigenvalue weighted by molar-refractivity contribution is 5.91. The van der Waals surface area contributed by atoms with Crippen LogP contribution >= 0.6 is 0 Å². The predicted molar refractivity (Wildman–Crippen MR) is 114 cm³/mol. The SMILES string of the molecule is CC(=O)N[C@@H](CC(C)C)C(=O)N[C@@H](Cc1ccc(-c2ccccc2)cc1)C(N)=O. The van der Waals surface area contributed by atoms with E-state index in [0.29, 0.717) is 6.42 Å². The van der Waals surface area contributed by atoms with Crippen molar-refractivity contribution in [3.8, 4) is 11.1 Å². The Hall–Kier alpha value is -3.15. The molecular formula is C23H29N3O3. The fraction of sp³-hybridized carbons (Fsp3) is 0.348. The van der Waals surface area contributed by atoms with Crippen LogP contribution in [0.3, 0.4) is 0 Å². The summed E-state index contributed by atoms with van der Waals surface area (Å²) in [4.78, 5) is 36.0. The molecule has 2 aromatic carbocycles. The molecule has 0 bridgehead atoms. The minimum absolute atomic E-state index is 0.204. The largest absolute Gasteiger partial charge is 0.368 e. The molecule has 0 spiro atoms. The Labute approximate surface area is 171 Å². The van der Waals surface area contributed by atoms with Gasteiger partial charge in [-0.15, -0.1) is 0 Å². The van der Waals surface area contributed by atoms with E-state index in [4.69, 9.17) is 5.73 Å². The van der Waals surface area contributed by atoms with Crippen LogP contribution in [-0.4, -0.2) is 29.8 Å². The van der Waals surface area contributed by atoms with Crippen molar-refractivity contribution in [1.82, 2.24) is 10.6 Å². The van der Waals surface area contributed by atoms with Gasteiger partial charge in [-0.1, -0.05) is 68.4 Å². The molecule has 3 amide bonds. The number of carbonyl (C=O) groups is 3. The molecule has 0 aliphatic carbocycles. The lowest BCUT2D eigenvalue weighted by Crippen LogP contribution is -2.53. The van der Waals surface area contributed by atoms with Gasteiger partial charge in [-0.05, 0) is 29.0 Å². The summed E-state index contributed by atoms with van der Waals surface area (Å²) in [5.74, 6) is -1.11. The van der Waals surface area contributed by atoms with Gasteiger partial charge in [0, 0.05) is 13.3 Å². The number of nitrogens with two attached hydrogens (primary N) is 1. The maximum absolute atomic E-state index is 12.6. The lowest BCUT2D eigenvalue weighted by molar-refractivity contribution is -0.131. The normalized spacial score (nSPS) is 12.8. The second-order valence-electron chi connectivity index (χ2n) is 7.61. The molecular weight excluding hydrogens is 366 g/mol. The summed E-state index contributed by atoms with van der Waals surface area (Å²) in [5.41, 5.74) is 8.57. The van der Waals surface area contributed by atoms with E-state index in [-0.39, 0.29) is 18.2 Å². The number of amides is 3. The molecule has 2 aromatic rings. The third kappa shape index (κ3) is 7.07. The smallest absolute Gasteiger partial charge is 0.243 e. The zero-order valence-electron chi connectivity index (χ0n) is 17.1. The molecule has 0 saturated carbocycles. The second-order valence-corrected chi connectivity index (χ2v) is 7.61. The van der Waals surface area contributed by atoms with Crippen molar-refractivity contribution in [3.63, 3.8) is 0 Å². The van der Waals surface area contributed by atoms with Gasteiger partial charge in [-0.2, -0.15) is 0 Å². The van der Waals surface area contributed by atoms with E-state index >= 15 is 0 Å². The first-order valence-electron chi connectivity index (χ1n) is 9.77. The first-order valence-corrected chi connectivity index (χ1v) is 9.77. The average Bonchev–Trinajstić information content (AvgIpc) is 2.67. The third-order valence-electron chi connectivity index (χ3n) is 4.56. The molecule has 2 rings (SSSR count). The maximum Gasteiger partial charge on any atom is 0.243 e. The van der Waals surface area contributed by atoms with Crippen LogP contribution in [0.15, 0.2) is 54.6 Å². The minimum atomic E-state index is -0.853. The van der Waals surface area contributed by atoms with Gasteiger partial charge in [0.1, 0.15) is 12.1 Å². The quantitative estimate of drug-likeness (QED) is 0.608. The summed E-state index contributed by atoms with van der Waals surface area (Å²) in [5, 5.41) is 5.34. The molecule has 0 aromatic heterocycles. The molecule has 0 heterocycles. The highest BCUT2D eigenvalue weighted by Gasteiger charge is 2.25. The van der Waals surface area contributed by atoms with Gasteiger partial charge in [0.05, 0.1) is 0 Å². The van der Waals surface area contributed by atoms with Crippen molar-refractivity contribution in [2.75, 3.05) is 0 Å². The molecule has 2 atom stereocenters. The van der Waals surface area contributed by atoms with Crippen LogP contribution in [0.1, 0.15) is 32.8 Å². The average molecular weight is 396 g/mol. The monoisotopic (exact) mass is 395 g/mol.